The summed E-state index contributed by atoms with van der Waals surface area (Å²) in [5, 5.41) is 10.5. The van der Waals surface area contributed by atoms with Crippen LogP contribution in [-0.2, 0) is 12.8 Å². The molecule has 7 heteroatoms. The lowest BCUT2D eigenvalue weighted by atomic mass is 10.2. The molecule has 1 aromatic carbocycles. The third kappa shape index (κ3) is 3.30. The Balaban J connectivity index is 2.04. The zero-order valence-corrected chi connectivity index (χ0v) is 10.8. The van der Waals surface area contributed by atoms with Gasteiger partial charge in [-0.05, 0) is 35.7 Å². The van der Waals surface area contributed by atoms with E-state index in [1.54, 1.807) is 11.4 Å². The Bertz CT molecular complexity index is 602. The minimum absolute atomic E-state index is 0.00347. The molecule has 1 aromatic heterocycles. The van der Waals surface area contributed by atoms with Crippen molar-refractivity contribution in [1.82, 2.24) is 0 Å². The molecule has 0 bridgehead atoms. The second-order valence-electron chi connectivity index (χ2n) is 3.89. The number of alkyl halides is 3. The zero-order chi connectivity index (χ0) is 14.8. The van der Waals surface area contributed by atoms with Gasteiger partial charge in [-0.2, -0.15) is 13.2 Å². The molecule has 0 unspecified atom stereocenters. The van der Waals surface area contributed by atoms with Crippen molar-refractivity contribution in [3.05, 3.63) is 51.7 Å². The van der Waals surface area contributed by atoms with Gasteiger partial charge < -0.3 is 9.84 Å². The van der Waals surface area contributed by atoms with Crippen molar-refractivity contribution in [1.29, 1.82) is 0 Å². The second kappa shape index (κ2) is 5.54. The third-order valence-electron chi connectivity index (χ3n) is 2.52. The zero-order valence-electron chi connectivity index (χ0n) is 9.98. The molecular formula is C13H9F3O3S. The van der Waals surface area contributed by atoms with Crippen LogP contribution < -0.4 is 4.74 Å². The van der Waals surface area contributed by atoms with Gasteiger partial charge in [0.2, 0.25) is 0 Å². The van der Waals surface area contributed by atoms with Gasteiger partial charge in [-0.3, -0.25) is 0 Å². The van der Waals surface area contributed by atoms with Crippen LogP contribution in [0.5, 0.6) is 5.75 Å². The number of aromatic carboxylic acids is 1. The maximum absolute atomic E-state index is 12.4. The smallest absolute Gasteiger partial charge is 0.416 e. The monoisotopic (exact) mass is 302 g/mol. The summed E-state index contributed by atoms with van der Waals surface area (Å²) in [6.07, 6.45) is -4.39. The van der Waals surface area contributed by atoms with E-state index in [0.29, 0.717) is 5.56 Å². The Morgan fingerprint density at radius 2 is 1.85 bits per heavy atom. The van der Waals surface area contributed by atoms with Gasteiger partial charge in [0, 0.05) is 5.56 Å². The van der Waals surface area contributed by atoms with Crippen LogP contribution in [0.3, 0.4) is 0 Å². The predicted molar refractivity (Wildman–Crippen MR) is 67.1 cm³/mol. The van der Waals surface area contributed by atoms with Gasteiger partial charge in [0.05, 0.1) is 5.56 Å². The van der Waals surface area contributed by atoms with E-state index >= 15 is 0 Å². The Hall–Kier alpha value is -2.02. The highest BCUT2D eigenvalue weighted by Crippen LogP contribution is 2.30. The highest BCUT2D eigenvalue weighted by atomic mass is 32.1. The number of ether oxygens (including phenoxy) is 1. The summed E-state index contributed by atoms with van der Waals surface area (Å²) in [4.78, 5) is 11.0. The van der Waals surface area contributed by atoms with E-state index < -0.39 is 17.7 Å². The Kier molecular flexibility index (Phi) is 3.99. The van der Waals surface area contributed by atoms with E-state index in [1.807, 2.05) is 0 Å². The first-order valence-electron chi connectivity index (χ1n) is 5.47. The first kappa shape index (κ1) is 14.4. The first-order valence-corrected chi connectivity index (χ1v) is 6.35. The number of halogens is 3. The van der Waals surface area contributed by atoms with Crippen molar-refractivity contribution in [2.75, 3.05) is 0 Å². The van der Waals surface area contributed by atoms with Gasteiger partial charge in [-0.1, -0.05) is 0 Å². The molecule has 2 rings (SSSR count). The minimum Gasteiger partial charge on any atom is -0.489 e. The molecule has 0 saturated carbocycles. The molecule has 0 saturated heterocycles. The lowest BCUT2D eigenvalue weighted by Gasteiger charge is -2.09. The number of benzene rings is 1. The normalized spacial score (nSPS) is 11.3. The number of carboxylic acids is 1. The molecule has 106 valence electrons. The number of thiophene rings is 1. The molecule has 3 nitrogen and oxygen atoms in total. The fraction of sp³-hybridized carbons (Fsp3) is 0.154. The summed E-state index contributed by atoms with van der Waals surface area (Å²) in [6, 6.07) is 5.85. The van der Waals surface area contributed by atoms with E-state index in [2.05, 4.69) is 0 Å². The van der Waals surface area contributed by atoms with E-state index in [1.165, 1.54) is 12.1 Å². The molecule has 0 spiro atoms. The summed E-state index contributed by atoms with van der Waals surface area (Å²) >= 11 is 1.07. The molecule has 1 N–H and O–H groups in total. The molecule has 1 heterocycles. The Morgan fingerprint density at radius 1 is 1.20 bits per heavy atom. The van der Waals surface area contributed by atoms with Gasteiger partial charge in [0.25, 0.3) is 0 Å². The number of carboxylic acid groups (broad SMARTS) is 1. The molecule has 0 radical (unpaired) electrons. The maximum Gasteiger partial charge on any atom is 0.416 e. The van der Waals surface area contributed by atoms with Crippen molar-refractivity contribution in [2.45, 2.75) is 12.8 Å². The summed E-state index contributed by atoms with van der Waals surface area (Å²) < 4.78 is 42.4. The predicted octanol–water partition coefficient (Wildman–Crippen LogP) is 4.04. The van der Waals surface area contributed by atoms with Crippen LogP contribution >= 0.6 is 11.3 Å². The highest BCUT2D eigenvalue weighted by molar-refractivity contribution is 7.12. The Labute approximate surface area is 116 Å². The van der Waals surface area contributed by atoms with Gasteiger partial charge in [0.15, 0.2) is 0 Å². The van der Waals surface area contributed by atoms with E-state index in [9.17, 15) is 18.0 Å². The van der Waals surface area contributed by atoms with Crippen molar-refractivity contribution in [3.8, 4) is 5.75 Å². The quantitative estimate of drug-likeness (QED) is 0.927. The molecule has 0 aliphatic rings. The molecule has 0 fully saturated rings. The van der Waals surface area contributed by atoms with Crippen molar-refractivity contribution in [3.63, 3.8) is 0 Å². The average Bonchev–Trinajstić information content (AvgIpc) is 2.84. The third-order valence-corrected chi connectivity index (χ3v) is 3.46. The van der Waals surface area contributed by atoms with Crippen molar-refractivity contribution in [2.24, 2.45) is 0 Å². The fourth-order valence-corrected chi connectivity index (χ4v) is 2.29. The summed E-state index contributed by atoms with van der Waals surface area (Å²) in [6.45, 7) is -0.00347. The molecule has 0 atom stereocenters. The largest absolute Gasteiger partial charge is 0.489 e. The van der Waals surface area contributed by atoms with E-state index in [4.69, 9.17) is 9.84 Å². The summed E-state index contributed by atoms with van der Waals surface area (Å²) in [7, 11) is 0. The van der Waals surface area contributed by atoms with Crippen LogP contribution in [0.1, 0.15) is 20.8 Å². The van der Waals surface area contributed by atoms with Crippen molar-refractivity contribution >= 4 is 17.3 Å². The van der Waals surface area contributed by atoms with E-state index in [-0.39, 0.29) is 17.2 Å². The van der Waals surface area contributed by atoms with Crippen LogP contribution in [0.15, 0.2) is 35.7 Å². The number of hydrogen-bond donors (Lipinski definition) is 1. The number of carbonyl (C=O) groups is 1. The number of hydrogen-bond acceptors (Lipinski definition) is 3. The van der Waals surface area contributed by atoms with E-state index in [0.717, 1.165) is 23.5 Å². The van der Waals surface area contributed by atoms with Gasteiger partial charge >= 0.3 is 12.1 Å². The van der Waals surface area contributed by atoms with Crippen LogP contribution in [0.25, 0.3) is 0 Å². The van der Waals surface area contributed by atoms with Crippen molar-refractivity contribution < 1.29 is 27.8 Å². The maximum atomic E-state index is 12.4. The fourth-order valence-electron chi connectivity index (χ4n) is 1.54. The number of rotatable bonds is 4. The summed E-state index contributed by atoms with van der Waals surface area (Å²) in [5.74, 6) is -0.799. The SMILES string of the molecule is O=C(O)c1sccc1COc1ccc(C(F)(F)F)cc1. The standard InChI is InChI=1S/C13H9F3O3S/c14-13(15,16)9-1-3-10(4-2-9)19-7-8-5-6-20-11(8)12(17)18/h1-6H,7H2,(H,17,18). The summed E-state index contributed by atoms with van der Waals surface area (Å²) in [5.41, 5.74) is -0.269. The van der Waals surface area contributed by atoms with Gasteiger partial charge in [-0.15, -0.1) is 11.3 Å². The van der Waals surface area contributed by atoms with Gasteiger partial charge in [-0.25, -0.2) is 4.79 Å². The van der Waals surface area contributed by atoms with Crippen LogP contribution in [0, 0.1) is 0 Å². The lowest BCUT2D eigenvalue weighted by Crippen LogP contribution is -2.05. The second-order valence-corrected chi connectivity index (χ2v) is 4.81. The molecule has 0 aliphatic heterocycles. The minimum atomic E-state index is -4.39. The van der Waals surface area contributed by atoms with Crippen LogP contribution in [-0.4, -0.2) is 11.1 Å². The molecular weight excluding hydrogens is 293 g/mol. The molecule has 0 amide bonds. The topological polar surface area (TPSA) is 46.5 Å². The molecule has 20 heavy (non-hydrogen) atoms. The van der Waals surface area contributed by atoms with Crippen LogP contribution in [0.4, 0.5) is 13.2 Å². The van der Waals surface area contributed by atoms with Crippen LogP contribution in [0.2, 0.25) is 0 Å². The molecule has 2 aromatic rings. The van der Waals surface area contributed by atoms with Gasteiger partial charge in [0.1, 0.15) is 17.2 Å². The lowest BCUT2D eigenvalue weighted by molar-refractivity contribution is -0.137. The highest BCUT2D eigenvalue weighted by Gasteiger charge is 2.30. The average molecular weight is 302 g/mol. The Morgan fingerprint density at radius 3 is 2.40 bits per heavy atom. The first-order chi connectivity index (χ1) is 9.38. The molecule has 0 aliphatic carbocycles.